The zero-order valence-corrected chi connectivity index (χ0v) is 19.0. The van der Waals surface area contributed by atoms with Gasteiger partial charge in [-0.25, -0.2) is 0 Å². The van der Waals surface area contributed by atoms with Gasteiger partial charge >= 0.3 is 51.4 Å². The minimum Gasteiger partial charge on any atom is -0.545 e. The van der Waals surface area contributed by atoms with Gasteiger partial charge in [0.15, 0.2) is 0 Å². The molecule has 0 aromatic heterocycles. The molecule has 0 saturated carbocycles. The van der Waals surface area contributed by atoms with Gasteiger partial charge < -0.3 is 29.2 Å². The third-order valence-electron chi connectivity index (χ3n) is 2.78. The molecule has 1 aromatic rings. The molecule has 140 valence electrons. The zero-order chi connectivity index (χ0) is 18.9. The largest absolute Gasteiger partial charge is 1.00 e. The number of methoxy groups -OCH3 is 1. The monoisotopic (exact) mass is 390 g/mol. The Balaban J connectivity index is 0. The summed E-state index contributed by atoms with van der Waals surface area (Å²) in [6.45, 7) is 6.31. The SMILES string of the molecule is C=C(C)C(=O)[O-].COCC(C=Cc1ccccc1)OCCOCCO.[K+]. The maximum Gasteiger partial charge on any atom is 1.00 e. The Labute approximate surface area is 198 Å². The average molecular weight is 391 g/mol. The van der Waals surface area contributed by atoms with Crippen molar-refractivity contribution in [2.45, 2.75) is 13.0 Å². The van der Waals surface area contributed by atoms with E-state index in [9.17, 15) is 9.90 Å². The van der Waals surface area contributed by atoms with Crippen LogP contribution < -0.4 is 56.5 Å². The van der Waals surface area contributed by atoms with E-state index in [4.69, 9.17) is 19.3 Å². The van der Waals surface area contributed by atoms with Gasteiger partial charge in [0.05, 0.1) is 45.1 Å². The van der Waals surface area contributed by atoms with Gasteiger partial charge in [0.1, 0.15) is 0 Å². The molecule has 26 heavy (non-hydrogen) atoms. The molecule has 0 heterocycles. The summed E-state index contributed by atoms with van der Waals surface area (Å²) in [6, 6.07) is 10.0. The maximum atomic E-state index is 9.49. The Kier molecular flexibility index (Phi) is 20.8. The molecule has 1 rings (SSSR count). The molecule has 0 aliphatic rings. The molecular weight excluding hydrogens is 363 g/mol. The van der Waals surface area contributed by atoms with Crippen LogP contribution in [0.15, 0.2) is 48.6 Å². The Morgan fingerprint density at radius 1 is 1.27 bits per heavy atom. The Hall–Kier alpha value is -0.354. The van der Waals surface area contributed by atoms with E-state index in [1.165, 1.54) is 6.92 Å². The van der Waals surface area contributed by atoms with Crippen molar-refractivity contribution < 1.29 is 80.6 Å². The van der Waals surface area contributed by atoms with Crippen LogP contribution in [0, 0.1) is 0 Å². The number of aliphatic carboxylic acids is 1. The maximum absolute atomic E-state index is 9.49. The first kappa shape index (κ1) is 27.9. The molecular formula is C19H27KO6. The number of aliphatic hydroxyl groups is 1. The summed E-state index contributed by atoms with van der Waals surface area (Å²) >= 11 is 0. The summed E-state index contributed by atoms with van der Waals surface area (Å²) in [6.07, 6.45) is 3.89. The third kappa shape index (κ3) is 17.1. The van der Waals surface area contributed by atoms with Crippen LogP contribution in [-0.4, -0.2) is 57.3 Å². The molecule has 0 amide bonds. The fraction of sp³-hybridized carbons (Fsp3) is 0.421. The quantitative estimate of drug-likeness (QED) is 0.269. The number of carboxylic acid groups (broad SMARTS) is 1. The van der Waals surface area contributed by atoms with E-state index in [0.29, 0.717) is 26.4 Å². The number of hydrogen-bond acceptors (Lipinski definition) is 6. The molecule has 7 heteroatoms. The van der Waals surface area contributed by atoms with E-state index in [1.54, 1.807) is 7.11 Å². The predicted octanol–water partition coefficient (Wildman–Crippen LogP) is -1.94. The number of benzene rings is 1. The van der Waals surface area contributed by atoms with Crippen molar-refractivity contribution >= 4 is 12.0 Å². The van der Waals surface area contributed by atoms with Crippen LogP contribution in [-0.2, 0) is 19.0 Å². The standard InChI is InChI=1S/C15H22O4.C4H6O2.K/c1-17-13-15(19-12-11-18-10-9-16)8-7-14-5-3-2-4-6-14;1-3(2)4(5)6;/h2-8,15-16H,9-13H2,1H3;1H2,2H3,(H,5,6);/q;;+1/p-1. The van der Waals surface area contributed by atoms with E-state index in [-0.39, 0.29) is 69.7 Å². The van der Waals surface area contributed by atoms with Crippen LogP contribution in [0.1, 0.15) is 12.5 Å². The number of carbonyl (C=O) groups excluding carboxylic acids is 1. The number of carbonyl (C=O) groups is 1. The van der Waals surface area contributed by atoms with Crippen molar-refractivity contribution in [1.82, 2.24) is 0 Å². The number of carboxylic acids is 1. The van der Waals surface area contributed by atoms with Crippen LogP contribution >= 0.6 is 0 Å². The molecule has 0 bridgehead atoms. The molecule has 0 fully saturated rings. The van der Waals surface area contributed by atoms with Crippen molar-refractivity contribution in [3.8, 4) is 0 Å². The van der Waals surface area contributed by atoms with Gasteiger partial charge in [-0.2, -0.15) is 0 Å². The first-order valence-electron chi connectivity index (χ1n) is 7.90. The van der Waals surface area contributed by atoms with Crippen molar-refractivity contribution in [2.24, 2.45) is 0 Å². The van der Waals surface area contributed by atoms with Crippen LogP contribution in [0.3, 0.4) is 0 Å². The predicted molar refractivity (Wildman–Crippen MR) is 94.8 cm³/mol. The molecule has 0 saturated heterocycles. The second-order valence-corrected chi connectivity index (χ2v) is 5.04. The molecule has 0 spiro atoms. The van der Waals surface area contributed by atoms with Crippen molar-refractivity contribution in [3.63, 3.8) is 0 Å². The topological polar surface area (TPSA) is 88.1 Å². The van der Waals surface area contributed by atoms with Crippen LogP contribution in [0.4, 0.5) is 0 Å². The normalized spacial score (nSPS) is 11.2. The van der Waals surface area contributed by atoms with Crippen molar-refractivity contribution in [1.29, 1.82) is 0 Å². The van der Waals surface area contributed by atoms with Gasteiger partial charge in [0.2, 0.25) is 0 Å². The number of hydrogen-bond donors (Lipinski definition) is 1. The second kappa shape index (κ2) is 19.4. The fourth-order valence-electron chi connectivity index (χ4n) is 1.53. The summed E-state index contributed by atoms with van der Waals surface area (Å²) in [5, 5.41) is 18.1. The number of ether oxygens (including phenoxy) is 3. The average Bonchev–Trinajstić information content (AvgIpc) is 2.60. The summed E-state index contributed by atoms with van der Waals surface area (Å²) in [5.41, 5.74) is 1.19. The Morgan fingerprint density at radius 2 is 1.88 bits per heavy atom. The van der Waals surface area contributed by atoms with E-state index in [0.717, 1.165) is 5.56 Å². The molecule has 0 aliphatic heterocycles. The third-order valence-corrected chi connectivity index (χ3v) is 2.78. The molecule has 1 unspecified atom stereocenters. The molecule has 0 radical (unpaired) electrons. The fourth-order valence-corrected chi connectivity index (χ4v) is 1.53. The van der Waals surface area contributed by atoms with Gasteiger partial charge in [-0.05, 0) is 18.1 Å². The summed E-state index contributed by atoms with van der Waals surface area (Å²) in [7, 11) is 1.65. The summed E-state index contributed by atoms with van der Waals surface area (Å²) in [4.78, 5) is 9.49. The molecule has 1 atom stereocenters. The first-order chi connectivity index (χ1) is 12.0. The first-order valence-corrected chi connectivity index (χ1v) is 7.90. The van der Waals surface area contributed by atoms with Gasteiger partial charge in [-0.15, -0.1) is 0 Å². The number of aliphatic hydroxyl groups excluding tert-OH is 1. The molecule has 1 aromatic carbocycles. The van der Waals surface area contributed by atoms with E-state index >= 15 is 0 Å². The van der Waals surface area contributed by atoms with Gasteiger partial charge in [0, 0.05) is 7.11 Å². The zero-order valence-electron chi connectivity index (χ0n) is 15.8. The van der Waals surface area contributed by atoms with Gasteiger partial charge in [0.25, 0.3) is 0 Å². The smallest absolute Gasteiger partial charge is 0.545 e. The Bertz CT molecular complexity index is 492. The van der Waals surface area contributed by atoms with E-state index in [1.807, 2.05) is 42.5 Å². The van der Waals surface area contributed by atoms with Crippen molar-refractivity contribution in [2.75, 3.05) is 40.1 Å². The molecule has 1 N–H and O–H groups in total. The summed E-state index contributed by atoms with van der Waals surface area (Å²) in [5.74, 6) is -1.19. The van der Waals surface area contributed by atoms with E-state index in [2.05, 4.69) is 6.58 Å². The van der Waals surface area contributed by atoms with Gasteiger partial charge in [-0.1, -0.05) is 49.1 Å². The van der Waals surface area contributed by atoms with E-state index < -0.39 is 5.97 Å². The minimum absolute atomic E-state index is 0. The molecule has 6 nitrogen and oxygen atoms in total. The Morgan fingerprint density at radius 3 is 2.38 bits per heavy atom. The number of rotatable bonds is 11. The summed E-state index contributed by atoms with van der Waals surface area (Å²) < 4.78 is 15.9. The van der Waals surface area contributed by atoms with Crippen LogP contribution in [0.25, 0.3) is 6.08 Å². The van der Waals surface area contributed by atoms with Gasteiger partial charge in [-0.3, -0.25) is 0 Å². The minimum atomic E-state index is -1.19. The molecule has 0 aliphatic carbocycles. The van der Waals surface area contributed by atoms with Crippen LogP contribution in [0.2, 0.25) is 0 Å². The van der Waals surface area contributed by atoms with Crippen molar-refractivity contribution in [3.05, 3.63) is 54.1 Å². The second-order valence-electron chi connectivity index (χ2n) is 5.04. The van der Waals surface area contributed by atoms with Crippen LogP contribution in [0.5, 0.6) is 0 Å².